The molecule has 0 saturated carbocycles. The smallest absolute Gasteiger partial charge is 0.462 e. The summed E-state index contributed by atoms with van der Waals surface area (Å²) < 4.78 is 25.9. The second-order valence-electron chi connectivity index (χ2n) is 9.51. The zero-order chi connectivity index (χ0) is 27.8. The quantitative estimate of drug-likeness (QED) is 0.0776. The SMILES string of the molecule is CCCCCCCC(=O)O[C@H](COC(=O)CCCCCCCCCCCCNC(C)=O)COP(=O)(O)O. The molecule has 0 unspecified atom stereocenters. The fourth-order valence-electron chi connectivity index (χ4n) is 3.75. The van der Waals surface area contributed by atoms with Crippen molar-refractivity contribution in [3.63, 3.8) is 0 Å². The Balaban J connectivity index is 3.94. The largest absolute Gasteiger partial charge is 0.469 e. The van der Waals surface area contributed by atoms with Crippen molar-refractivity contribution in [1.29, 1.82) is 0 Å². The van der Waals surface area contributed by atoms with Crippen LogP contribution in [0.5, 0.6) is 0 Å². The summed E-state index contributed by atoms with van der Waals surface area (Å²) in [6, 6.07) is 0. The molecule has 0 aromatic carbocycles. The summed E-state index contributed by atoms with van der Waals surface area (Å²) in [5, 5.41) is 2.80. The molecule has 0 aliphatic carbocycles. The predicted molar refractivity (Wildman–Crippen MR) is 142 cm³/mol. The molecule has 1 amide bonds. The first-order chi connectivity index (χ1) is 17.6. The second-order valence-corrected chi connectivity index (χ2v) is 10.8. The minimum atomic E-state index is -4.74. The van der Waals surface area contributed by atoms with Gasteiger partial charge in [0.1, 0.15) is 6.61 Å². The molecule has 0 aliphatic rings. The highest BCUT2D eigenvalue weighted by Crippen LogP contribution is 2.35. The lowest BCUT2D eigenvalue weighted by atomic mass is 10.1. The van der Waals surface area contributed by atoms with Crippen LogP contribution in [-0.4, -0.2) is 53.5 Å². The topological polar surface area (TPSA) is 148 Å². The summed E-state index contributed by atoms with van der Waals surface area (Å²) in [5.74, 6) is -0.914. The van der Waals surface area contributed by atoms with Gasteiger partial charge in [0.2, 0.25) is 5.91 Å². The van der Waals surface area contributed by atoms with Crippen LogP contribution in [0.25, 0.3) is 0 Å². The lowest BCUT2D eigenvalue weighted by Gasteiger charge is -2.18. The molecule has 0 spiro atoms. The van der Waals surface area contributed by atoms with Crippen molar-refractivity contribution in [2.75, 3.05) is 19.8 Å². The Morgan fingerprint density at radius 2 is 1.22 bits per heavy atom. The van der Waals surface area contributed by atoms with Crippen molar-refractivity contribution in [3.8, 4) is 0 Å². The van der Waals surface area contributed by atoms with E-state index in [-0.39, 0.29) is 25.4 Å². The van der Waals surface area contributed by atoms with Crippen LogP contribution in [0.4, 0.5) is 0 Å². The number of unbranched alkanes of at least 4 members (excludes halogenated alkanes) is 13. The Morgan fingerprint density at radius 3 is 1.73 bits per heavy atom. The molecule has 0 bridgehead atoms. The van der Waals surface area contributed by atoms with Gasteiger partial charge >= 0.3 is 19.8 Å². The lowest BCUT2D eigenvalue weighted by molar-refractivity contribution is -0.161. The molecule has 37 heavy (non-hydrogen) atoms. The van der Waals surface area contributed by atoms with E-state index in [1.54, 1.807) is 0 Å². The van der Waals surface area contributed by atoms with Gasteiger partial charge in [-0.25, -0.2) is 4.57 Å². The van der Waals surface area contributed by atoms with Crippen molar-refractivity contribution in [1.82, 2.24) is 5.32 Å². The predicted octanol–water partition coefficient (Wildman–Crippen LogP) is 5.34. The maximum Gasteiger partial charge on any atom is 0.469 e. The summed E-state index contributed by atoms with van der Waals surface area (Å²) in [6.45, 7) is 3.54. The fraction of sp³-hybridized carbons (Fsp3) is 0.885. The first kappa shape index (κ1) is 35.5. The average Bonchev–Trinajstić information content (AvgIpc) is 2.82. The Morgan fingerprint density at radius 1 is 0.730 bits per heavy atom. The third-order valence-electron chi connectivity index (χ3n) is 5.82. The molecule has 0 rings (SSSR count). The van der Waals surface area contributed by atoms with Crippen molar-refractivity contribution in [2.45, 2.75) is 129 Å². The lowest BCUT2D eigenvalue weighted by Crippen LogP contribution is -2.29. The monoisotopic (exact) mass is 551 g/mol. The Kier molecular flexibility index (Phi) is 22.7. The number of phosphoric ester groups is 1. The number of ether oxygens (including phenoxy) is 2. The number of esters is 2. The third kappa shape index (κ3) is 27.4. The average molecular weight is 552 g/mol. The van der Waals surface area contributed by atoms with Gasteiger partial charge < -0.3 is 24.6 Å². The van der Waals surface area contributed by atoms with Crippen molar-refractivity contribution in [3.05, 3.63) is 0 Å². The van der Waals surface area contributed by atoms with Gasteiger partial charge in [0.05, 0.1) is 6.61 Å². The molecule has 11 heteroatoms. The molecular formula is C26H50NO9P. The molecule has 218 valence electrons. The zero-order valence-electron chi connectivity index (χ0n) is 22.9. The van der Waals surface area contributed by atoms with Gasteiger partial charge in [-0.15, -0.1) is 0 Å². The normalized spacial score (nSPS) is 12.2. The maximum atomic E-state index is 12.0. The van der Waals surface area contributed by atoms with E-state index in [1.807, 2.05) is 0 Å². The summed E-state index contributed by atoms with van der Waals surface area (Å²) in [5.41, 5.74) is 0. The summed E-state index contributed by atoms with van der Waals surface area (Å²) in [4.78, 5) is 52.7. The number of carbonyl (C=O) groups excluding carboxylic acids is 3. The first-order valence-electron chi connectivity index (χ1n) is 13.9. The van der Waals surface area contributed by atoms with Gasteiger partial charge in [-0.3, -0.25) is 18.9 Å². The van der Waals surface area contributed by atoms with E-state index in [0.717, 1.165) is 64.3 Å². The van der Waals surface area contributed by atoms with E-state index in [0.29, 0.717) is 12.8 Å². The molecule has 0 aromatic rings. The summed E-state index contributed by atoms with van der Waals surface area (Å²) >= 11 is 0. The molecule has 0 aromatic heterocycles. The van der Waals surface area contributed by atoms with E-state index in [4.69, 9.17) is 19.3 Å². The van der Waals surface area contributed by atoms with Crippen LogP contribution in [-0.2, 0) is 32.9 Å². The number of amides is 1. The van der Waals surface area contributed by atoms with Gasteiger partial charge in [0, 0.05) is 26.3 Å². The minimum absolute atomic E-state index is 0.0227. The highest BCUT2D eigenvalue weighted by atomic mass is 31.2. The van der Waals surface area contributed by atoms with E-state index in [2.05, 4.69) is 16.8 Å². The van der Waals surface area contributed by atoms with Gasteiger partial charge in [-0.1, -0.05) is 84.0 Å². The number of nitrogens with one attached hydrogen (secondary N) is 1. The molecule has 0 fully saturated rings. The Bertz CT molecular complexity index is 654. The van der Waals surface area contributed by atoms with E-state index in [9.17, 15) is 18.9 Å². The van der Waals surface area contributed by atoms with E-state index in [1.165, 1.54) is 32.6 Å². The van der Waals surface area contributed by atoms with E-state index >= 15 is 0 Å². The van der Waals surface area contributed by atoms with Crippen LogP contribution < -0.4 is 5.32 Å². The van der Waals surface area contributed by atoms with Crippen LogP contribution in [0.3, 0.4) is 0 Å². The number of hydrogen-bond acceptors (Lipinski definition) is 7. The molecular weight excluding hydrogens is 501 g/mol. The minimum Gasteiger partial charge on any atom is -0.462 e. The Labute approximate surface area is 222 Å². The van der Waals surface area contributed by atoms with Crippen LogP contribution in [0.2, 0.25) is 0 Å². The van der Waals surface area contributed by atoms with Crippen LogP contribution in [0.15, 0.2) is 0 Å². The van der Waals surface area contributed by atoms with Crippen molar-refractivity contribution < 1.29 is 42.7 Å². The molecule has 0 heterocycles. The Hall–Kier alpha value is -1.48. The van der Waals surface area contributed by atoms with Crippen molar-refractivity contribution >= 4 is 25.7 Å². The maximum absolute atomic E-state index is 12.0. The molecule has 1 atom stereocenters. The van der Waals surface area contributed by atoms with E-state index < -0.39 is 32.5 Å². The molecule has 0 saturated heterocycles. The standard InChI is InChI=1S/C26H50NO9P/c1-3-4-5-12-16-19-26(30)36-24(22-35-37(31,32)33)21-34-25(29)18-15-13-10-8-6-7-9-11-14-17-20-27-23(2)28/h24H,3-22H2,1-2H3,(H,27,28)(H2,31,32,33)/t24-/m1/s1. The molecule has 10 nitrogen and oxygen atoms in total. The molecule has 0 aliphatic heterocycles. The van der Waals surface area contributed by atoms with Gasteiger partial charge in [-0.2, -0.15) is 0 Å². The third-order valence-corrected chi connectivity index (χ3v) is 6.31. The second kappa shape index (κ2) is 23.6. The molecule has 0 radical (unpaired) electrons. The highest BCUT2D eigenvalue weighted by molar-refractivity contribution is 7.46. The highest BCUT2D eigenvalue weighted by Gasteiger charge is 2.22. The first-order valence-corrected chi connectivity index (χ1v) is 15.5. The zero-order valence-corrected chi connectivity index (χ0v) is 23.8. The van der Waals surface area contributed by atoms with Crippen LogP contribution in [0.1, 0.15) is 123 Å². The van der Waals surface area contributed by atoms with Crippen LogP contribution >= 0.6 is 7.82 Å². The number of phosphoric acid groups is 1. The summed E-state index contributed by atoms with van der Waals surface area (Å²) in [7, 11) is -4.74. The van der Waals surface area contributed by atoms with Crippen molar-refractivity contribution in [2.24, 2.45) is 0 Å². The fourth-order valence-corrected chi connectivity index (χ4v) is 4.11. The van der Waals surface area contributed by atoms with Gasteiger partial charge in [0.25, 0.3) is 0 Å². The number of carbonyl (C=O) groups is 3. The molecule has 3 N–H and O–H groups in total. The van der Waals surface area contributed by atoms with Crippen LogP contribution in [0, 0.1) is 0 Å². The van der Waals surface area contributed by atoms with Gasteiger partial charge in [-0.05, 0) is 19.3 Å². The van der Waals surface area contributed by atoms with Gasteiger partial charge in [0.15, 0.2) is 6.10 Å². The number of rotatable bonds is 25. The summed E-state index contributed by atoms with van der Waals surface area (Å²) in [6.07, 6.45) is 14.9. The number of hydrogen-bond donors (Lipinski definition) is 3.